The molecule has 1 atom stereocenters. The maximum absolute atomic E-state index is 4.46. The lowest BCUT2D eigenvalue weighted by atomic mass is 10.0. The van der Waals surface area contributed by atoms with Gasteiger partial charge in [0.25, 0.3) is 0 Å². The fourth-order valence-corrected chi connectivity index (χ4v) is 4.25. The Morgan fingerprint density at radius 3 is 2.70 bits per heavy atom. The summed E-state index contributed by atoms with van der Waals surface area (Å²) in [6.45, 7) is 5.61. The zero-order chi connectivity index (χ0) is 15.8. The highest BCUT2D eigenvalue weighted by atomic mass is 15.6. The van der Waals surface area contributed by atoms with E-state index in [9.17, 15) is 0 Å². The normalized spacial score (nSPS) is 19.5. The summed E-state index contributed by atoms with van der Waals surface area (Å²) < 4.78 is 2.12. The van der Waals surface area contributed by atoms with Crippen LogP contribution in [0.4, 0.5) is 5.69 Å². The first-order chi connectivity index (χ1) is 11.3. The van der Waals surface area contributed by atoms with Gasteiger partial charge in [0.2, 0.25) is 0 Å². The second-order valence-electron chi connectivity index (χ2n) is 7.18. The zero-order valence-electron chi connectivity index (χ0n) is 14.0. The van der Waals surface area contributed by atoms with Gasteiger partial charge in [-0.2, -0.15) is 0 Å². The summed E-state index contributed by atoms with van der Waals surface area (Å²) in [6.07, 6.45) is 6.12. The predicted molar refractivity (Wildman–Crippen MR) is 90.4 cm³/mol. The number of hydrogen-bond donors (Lipinski definition) is 0. The Balaban J connectivity index is 1.71. The van der Waals surface area contributed by atoms with E-state index in [0.29, 0.717) is 12.0 Å². The standard InChI is InChI=1S/C18H25N5/c1-13(2)17(22-12-11-14-7-3-6-10-16(14)22)18-19-20-21-23(18)15-8-4-5-9-15/h3,6-7,10,13,15,17H,4-5,8-9,11-12H2,1-2H3/t17-/m0/s1. The first kappa shape index (κ1) is 14.7. The molecule has 2 aliphatic rings. The summed E-state index contributed by atoms with van der Waals surface area (Å²) in [6, 6.07) is 9.48. The molecular formula is C18H25N5. The molecule has 0 saturated heterocycles. The van der Waals surface area contributed by atoms with Crippen molar-refractivity contribution in [3.8, 4) is 0 Å². The number of rotatable bonds is 4. The van der Waals surface area contributed by atoms with Crippen LogP contribution in [0.15, 0.2) is 24.3 Å². The fourth-order valence-electron chi connectivity index (χ4n) is 4.25. The van der Waals surface area contributed by atoms with Gasteiger partial charge in [0, 0.05) is 12.2 Å². The number of tetrazole rings is 1. The number of anilines is 1. The molecule has 122 valence electrons. The second kappa shape index (κ2) is 5.95. The molecule has 1 aliphatic heterocycles. The molecule has 5 heteroatoms. The zero-order valence-corrected chi connectivity index (χ0v) is 14.0. The molecule has 1 aliphatic carbocycles. The van der Waals surface area contributed by atoms with Crippen LogP contribution in [-0.4, -0.2) is 26.8 Å². The Bertz CT molecular complexity index is 672. The lowest BCUT2D eigenvalue weighted by Gasteiger charge is -2.33. The molecule has 1 fully saturated rings. The van der Waals surface area contributed by atoms with Crippen molar-refractivity contribution in [2.24, 2.45) is 5.92 Å². The third-order valence-corrected chi connectivity index (χ3v) is 5.34. The predicted octanol–water partition coefficient (Wildman–Crippen LogP) is 3.55. The summed E-state index contributed by atoms with van der Waals surface area (Å²) >= 11 is 0. The van der Waals surface area contributed by atoms with Gasteiger partial charge in [0.05, 0.1) is 12.1 Å². The molecule has 2 aromatic rings. The maximum atomic E-state index is 4.46. The van der Waals surface area contributed by atoms with Gasteiger partial charge in [0.15, 0.2) is 5.82 Å². The molecule has 1 saturated carbocycles. The van der Waals surface area contributed by atoms with Crippen LogP contribution in [0.5, 0.6) is 0 Å². The van der Waals surface area contributed by atoms with Crippen LogP contribution in [0.1, 0.15) is 63.0 Å². The van der Waals surface area contributed by atoms with E-state index >= 15 is 0 Å². The van der Waals surface area contributed by atoms with Crippen LogP contribution in [0.2, 0.25) is 0 Å². The van der Waals surface area contributed by atoms with Crippen LogP contribution >= 0.6 is 0 Å². The van der Waals surface area contributed by atoms with Crippen molar-refractivity contribution in [1.82, 2.24) is 20.2 Å². The van der Waals surface area contributed by atoms with E-state index in [1.807, 2.05) is 0 Å². The van der Waals surface area contributed by atoms with Crippen molar-refractivity contribution in [1.29, 1.82) is 0 Å². The summed E-state index contributed by atoms with van der Waals surface area (Å²) in [4.78, 5) is 2.51. The number of aromatic nitrogens is 4. The van der Waals surface area contributed by atoms with Crippen molar-refractivity contribution in [2.75, 3.05) is 11.4 Å². The lowest BCUT2D eigenvalue weighted by Crippen LogP contribution is -2.33. The fraction of sp³-hybridized carbons (Fsp3) is 0.611. The molecule has 0 radical (unpaired) electrons. The minimum Gasteiger partial charge on any atom is -0.360 e. The van der Waals surface area contributed by atoms with Gasteiger partial charge in [-0.15, -0.1) is 5.10 Å². The molecule has 1 aromatic carbocycles. The summed E-state index contributed by atoms with van der Waals surface area (Å²) in [5.41, 5.74) is 2.80. The van der Waals surface area contributed by atoms with Gasteiger partial charge in [-0.1, -0.05) is 44.9 Å². The smallest absolute Gasteiger partial charge is 0.174 e. The minimum atomic E-state index is 0.245. The first-order valence-corrected chi connectivity index (χ1v) is 8.88. The average molecular weight is 311 g/mol. The van der Waals surface area contributed by atoms with Gasteiger partial charge in [-0.3, -0.25) is 0 Å². The first-order valence-electron chi connectivity index (χ1n) is 8.88. The van der Waals surface area contributed by atoms with Crippen molar-refractivity contribution in [3.63, 3.8) is 0 Å². The van der Waals surface area contributed by atoms with Gasteiger partial charge >= 0.3 is 0 Å². The monoisotopic (exact) mass is 311 g/mol. The lowest BCUT2D eigenvalue weighted by molar-refractivity contribution is 0.383. The van der Waals surface area contributed by atoms with E-state index in [1.54, 1.807) is 0 Å². The second-order valence-corrected chi connectivity index (χ2v) is 7.18. The number of para-hydroxylation sites is 1. The number of fused-ring (bicyclic) bond motifs is 1. The van der Waals surface area contributed by atoms with Crippen LogP contribution in [0.25, 0.3) is 0 Å². The highest BCUT2D eigenvalue weighted by molar-refractivity contribution is 5.59. The Kier molecular flexibility index (Phi) is 3.79. The van der Waals surface area contributed by atoms with Gasteiger partial charge < -0.3 is 4.90 Å². The Labute approximate surface area is 137 Å². The van der Waals surface area contributed by atoms with E-state index in [1.165, 1.54) is 36.9 Å². The molecule has 0 bridgehead atoms. The highest BCUT2D eigenvalue weighted by Crippen LogP contribution is 2.39. The molecule has 0 N–H and O–H groups in total. The summed E-state index contributed by atoms with van der Waals surface area (Å²) in [5.74, 6) is 1.51. The number of nitrogens with zero attached hydrogens (tertiary/aromatic N) is 5. The van der Waals surface area contributed by atoms with Crippen LogP contribution in [0.3, 0.4) is 0 Å². The molecule has 0 unspecified atom stereocenters. The largest absolute Gasteiger partial charge is 0.360 e. The number of hydrogen-bond acceptors (Lipinski definition) is 4. The van der Waals surface area contributed by atoms with Crippen LogP contribution < -0.4 is 4.90 Å². The third-order valence-electron chi connectivity index (χ3n) is 5.34. The van der Waals surface area contributed by atoms with Crippen molar-refractivity contribution in [3.05, 3.63) is 35.7 Å². The minimum absolute atomic E-state index is 0.245. The SMILES string of the molecule is CC(C)[C@@H](c1nnnn1C1CCCC1)N1CCc2ccccc21. The van der Waals surface area contributed by atoms with E-state index < -0.39 is 0 Å². The van der Waals surface area contributed by atoms with E-state index in [0.717, 1.165) is 18.8 Å². The molecule has 0 amide bonds. The molecule has 0 spiro atoms. The van der Waals surface area contributed by atoms with Gasteiger partial charge in [-0.25, -0.2) is 4.68 Å². The van der Waals surface area contributed by atoms with Gasteiger partial charge in [0.1, 0.15) is 0 Å². The third kappa shape index (κ3) is 2.52. The Morgan fingerprint density at radius 2 is 1.91 bits per heavy atom. The van der Waals surface area contributed by atoms with E-state index in [-0.39, 0.29) is 6.04 Å². The number of benzene rings is 1. The Morgan fingerprint density at radius 1 is 1.13 bits per heavy atom. The molecule has 1 aromatic heterocycles. The topological polar surface area (TPSA) is 46.8 Å². The molecular weight excluding hydrogens is 286 g/mol. The molecule has 2 heterocycles. The quantitative estimate of drug-likeness (QED) is 0.866. The van der Waals surface area contributed by atoms with E-state index in [2.05, 4.69) is 63.2 Å². The van der Waals surface area contributed by atoms with Crippen molar-refractivity contribution >= 4 is 5.69 Å². The molecule has 23 heavy (non-hydrogen) atoms. The van der Waals surface area contributed by atoms with Crippen LogP contribution in [0, 0.1) is 5.92 Å². The van der Waals surface area contributed by atoms with Gasteiger partial charge in [-0.05, 0) is 47.2 Å². The van der Waals surface area contributed by atoms with Crippen molar-refractivity contribution < 1.29 is 0 Å². The van der Waals surface area contributed by atoms with Crippen molar-refractivity contribution in [2.45, 2.75) is 58.0 Å². The average Bonchev–Trinajstić information content (AvgIpc) is 3.28. The summed E-state index contributed by atoms with van der Waals surface area (Å²) in [5, 5.41) is 12.9. The maximum Gasteiger partial charge on any atom is 0.174 e. The molecule has 5 nitrogen and oxygen atoms in total. The Hall–Kier alpha value is -1.91. The highest BCUT2D eigenvalue weighted by Gasteiger charge is 2.34. The molecule has 4 rings (SSSR count). The van der Waals surface area contributed by atoms with Crippen LogP contribution in [-0.2, 0) is 6.42 Å². The van der Waals surface area contributed by atoms with E-state index in [4.69, 9.17) is 0 Å². The summed E-state index contributed by atoms with van der Waals surface area (Å²) in [7, 11) is 0.